The van der Waals surface area contributed by atoms with Gasteiger partial charge in [-0.05, 0) is 37.3 Å². The molecule has 0 fully saturated rings. The second-order valence-electron chi connectivity index (χ2n) is 7.91. The van der Waals surface area contributed by atoms with Crippen LogP contribution in [0.5, 0.6) is 11.5 Å². The first-order valence-electron chi connectivity index (χ1n) is 10.7. The van der Waals surface area contributed by atoms with E-state index in [-0.39, 0.29) is 22.6 Å². The van der Waals surface area contributed by atoms with Crippen molar-refractivity contribution in [1.29, 1.82) is 0 Å². The van der Waals surface area contributed by atoms with E-state index in [4.69, 9.17) is 9.47 Å². The van der Waals surface area contributed by atoms with Gasteiger partial charge in [0.1, 0.15) is 11.4 Å². The van der Waals surface area contributed by atoms with Gasteiger partial charge in [0.05, 0.1) is 30.0 Å². The molecular weight excluding hydrogens is 468 g/mol. The van der Waals surface area contributed by atoms with Crippen molar-refractivity contribution in [3.8, 4) is 11.5 Å². The molecule has 8 nitrogen and oxygen atoms in total. The Kier molecular flexibility index (Phi) is 6.61. The number of carbonyl (C=O) groups is 1. The third kappa shape index (κ3) is 4.76. The highest BCUT2D eigenvalue weighted by Gasteiger charge is 2.25. The lowest BCUT2D eigenvalue weighted by Crippen LogP contribution is -2.24. The zero-order valence-corrected chi connectivity index (χ0v) is 20.3. The van der Waals surface area contributed by atoms with Gasteiger partial charge < -0.3 is 19.4 Å². The minimum absolute atomic E-state index is 0.0208. The van der Waals surface area contributed by atoms with Crippen LogP contribution in [0.3, 0.4) is 0 Å². The van der Waals surface area contributed by atoms with Gasteiger partial charge in [-0.25, -0.2) is 8.42 Å². The summed E-state index contributed by atoms with van der Waals surface area (Å²) in [4.78, 5) is 25.8. The summed E-state index contributed by atoms with van der Waals surface area (Å²) in [6, 6.07) is 17.9. The van der Waals surface area contributed by atoms with Crippen molar-refractivity contribution < 1.29 is 22.7 Å². The van der Waals surface area contributed by atoms with Crippen LogP contribution in [0.15, 0.2) is 87.5 Å². The maximum absolute atomic E-state index is 13.4. The third-order valence-electron chi connectivity index (χ3n) is 5.55. The minimum Gasteiger partial charge on any atom is -0.493 e. The van der Waals surface area contributed by atoms with Crippen LogP contribution in [0.2, 0.25) is 0 Å². The van der Waals surface area contributed by atoms with Crippen molar-refractivity contribution in [1.82, 2.24) is 4.57 Å². The fourth-order valence-corrected chi connectivity index (χ4v) is 5.12. The topological polar surface area (TPSA) is 104 Å². The lowest BCUT2D eigenvalue weighted by molar-refractivity contribution is -0.116. The van der Waals surface area contributed by atoms with Gasteiger partial charge in [0.2, 0.25) is 21.2 Å². The number of nitrogens with zero attached hydrogens (tertiary/aromatic N) is 1. The van der Waals surface area contributed by atoms with E-state index in [9.17, 15) is 18.0 Å². The Balaban J connectivity index is 1.88. The molecular formula is C26H24N2O6S. The highest BCUT2D eigenvalue weighted by atomic mass is 32.2. The fraction of sp³-hybridized carbons (Fsp3) is 0.154. The standard InChI is InChI=1S/C26H24N2O6S/c1-17-9-11-18(12-10-17)27-25(29)16-28-15-24(35(31,32)19-7-5-4-6-8-19)26(30)20-13-22(33-2)23(34-3)14-21(20)28/h4-15H,16H2,1-3H3,(H,27,29). The van der Waals surface area contributed by atoms with E-state index in [0.29, 0.717) is 17.0 Å². The van der Waals surface area contributed by atoms with Crippen LogP contribution in [-0.2, 0) is 21.2 Å². The Morgan fingerprint density at radius 2 is 1.57 bits per heavy atom. The number of methoxy groups -OCH3 is 2. The molecule has 1 aromatic heterocycles. The second kappa shape index (κ2) is 9.63. The number of hydrogen-bond acceptors (Lipinski definition) is 6. The lowest BCUT2D eigenvalue weighted by Gasteiger charge is -2.16. The second-order valence-corrected chi connectivity index (χ2v) is 9.82. The largest absolute Gasteiger partial charge is 0.493 e. The summed E-state index contributed by atoms with van der Waals surface area (Å²) >= 11 is 0. The predicted octanol–water partition coefficient (Wildman–Crippen LogP) is 3.80. The Morgan fingerprint density at radius 3 is 2.20 bits per heavy atom. The number of rotatable bonds is 7. The van der Waals surface area contributed by atoms with E-state index < -0.39 is 26.1 Å². The zero-order valence-electron chi connectivity index (χ0n) is 19.4. The Bertz CT molecular complexity index is 1560. The van der Waals surface area contributed by atoms with Crippen LogP contribution in [0, 0.1) is 6.92 Å². The van der Waals surface area contributed by atoms with Gasteiger partial charge in [0.15, 0.2) is 11.5 Å². The van der Waals surface area contributed by atoms with Gasteiger partial charge in [0, 0.05) is 18.0 Å². The molecule has 1 N–H and O–H groups in total. The highest BCUT2D eigenvalue weighted by molar-refractivity contribution is 7.91. The molecule has 9 heteroatoms. The average Bonchev–Trinajstić information content (AvgIpc) is 2.86. The molecule has 180 valence electrons. The van der Waals surface area contributed by atoms with Crippen LogP contribution in [0.25, 0.3) is 10.9 Å². The monoisotopic (exact) mass is 492 g/mol. The molecule has 1 amide bonds. The van der Waals surface area contributed by atoms with E-state index in [2.05, 4.69) is 5.32 Å². The van der Waals surface area contributed by atoms with Crippen LogP contribution in [-0.4, -0.2) is 33.1 Å². The van der Waals surface area contributed by atoms with Gasteiger partial charge in [0.25, 0.3) is 0 Å². The molecule has 0 aliphatic rings. The summed E-state index contributed by atoms with van der Waals surface area (Å²) < 4.78 is 38.8. The number of hydrogen-bond donors (Lipinski definition) is 1. The number of carbonyl (C=O) groups excluding carboxylic acids is 1. The highest BCUT2D eigenvalue weighted by Crippen LogP contribution is 2.32. The molecule has 0 saturated carbocycles. The quantitative estimate of drug-likeness (QED) is 0.421. The molecule has 4 rings (SSSR count). The number of fused-ring (bicyclic) bond motifs is 1. The molecule has 35 heavy (non-hydrogen) atoms. The van der Waals surface area contributed by atoms with Crippen LogP contribution in [0.1, 0.15) is 5.56 Å². The predicted molar refractivity (Wildman–Crippen MR) is 133 cm³/mol. The number of amides is 1. The number of anilines is 1. The summed E-state index contributed by atoms with van der Waals surface area (Å²) in [5.74, 6) is 0.212. The molecule has 3 aromatic carbocycles. The van der Waals surface area contributed by atoms with Gasteiger partial charge >= 0.3 is 0 Å². The number of aryl methyl sites for hydroxylation is 1. The van der Waals surface area contributed by atoms with Crippen molar-refractivity contribution in [2.75, 3.05) is 19.5 Å². The SMILES string of the molecule is COc1cc2c(=O)c(S(=O)(=O)c3ccccc3)cn(CC(=O)Nc3ccc(C)cc3)c2cc1OC. The summed E-state index contributed by atoms with van der Waals surface area (Å²) in [5, 5.41) is 2.88. The number of nitrogens with one attached hydrogen (secondary N) is 1. The maximum Gasteiger partial charge on any atom is 0.244 e. The first-order valence-corrected chi connectivity index (χ1v) is 12.2. The van der Waals surface area contributed by atoms with Crippen molar-refractivity contribution in [3.05, 3.63) is 88.7 Å². The normalized spacial score (nSPS) is 11.3. The van der Waals surface area contributed by atoms with E-state index in [1.165, 1.54) is 43.2 Å². The Hall–Kier alpha value is -4.11. The van der Waals surface area contributed by atoms with Crippen molar-refractivity contribution in [2.45, 2.75) is 23.3 Å². The molecule has 0 atom stereocenters. The van der Waals surface area contributed by atoms with Crippen molar-refractivity contribution >= 4 is 32.3 Å². The summed E-state index contributed by atoms with van der Waals surface area (Å²) in [6.07, 6.45) is 1.20. The Labute approximate surface area is 202 Å². The molecule has 0 radical (unpaired) electrons. The van der Waals surface area contributed by atoms with Crippen LogP contribution < -0.4 is 20.2 Å². The molecule has 0 aliphatic carbocycles. The molecule has 4 aromatic rings. The van der Waals surface area contributed by atoms with Crippen LogP contribution in [0.4, 0.5) is 5.69 Å². The Morgan fingerprint density at radius 1 is 0.943 bits per heavy atom. The van der Waals surface area contributed by atoms with E-state index in [1.54, 1.807) is 36.4 Å². The maximum atomic E-state index is 13.4. The summed E-state index contributed by atoms with van der Waals surface area (Å²) in [5.41, 5.74) is 1.28. The molecule has 0 aliphatic heterocycles. The molecule has 1 heterocycles. The molecule has 0 bridgehead atoms. The van der Waals surface area contributed by atoms with Crippen molar-refractivity contribution in [2.24, 2.45) is 0 Å². The smallest absolute Gasteiger partial charge is 0.244 e. The lowest BCUT2D eigenvalue weighted by atomic mass is 10.1. The van der Waals surface area contributed by atoms with E-state index >= 15 is 0 Å². The fourth-order valence-electron chi connectivity index (χ4n) is 3.73. The van der Waals surface area contributed by atoms with Crippen molar-refractivity contribution in [3.63, 3.8) is 0 Å². The molecule has 0 unspecified atom stereocenters. The first kappa shape index (κ1) is 24.0. The van der Waals surface area contributed by atoms with Gasteiger partial charge in [-0.15, -0.1) is 0 Å². The van der Waals surface area contributed by atoms with Gasteiger partial charge in [-0.2, -0.15) is 0 Å². The van der Waals surface area contributed by atoms with Gasteiger partial charge in [-0.3, -0.25) is 9.59 Å². The summed E-state index contributed by atoms with van der Waals surface area (Å²) in [7, 11) is -1.29. The zero-order chi connectivity index (χ0) is 25.2. The number of pyridine rings is 1. The van der Waals surface area contributed by atoms with Gasteiger partial charge in [-0.1, -0.05) is 35.9 Å². The first-order chi connectivity index (χ1) is 16.7. The number of benzene rings is 3. The van der Waals surface area contributed by atoms with Crippen LogP contribution >= 0.6 is 0 Å². The number of ether oxygens (including phenoxy) is 2. The molecule has 0 saturated heterocycles. The average molecular weight is 493 g/mol. The minimum atomic E-state index is -4.16. The molecule has 0 spiro atoms. The third-order valence-corrected chi connectivity index (χ3v) is 7.31. The number of sulfone groups is 1. The van der Waals surface area contributed by atoms with E-state index in [1.807, 2.05) is 19.1 Å². The number of aromatic nitrogens is 1. The van der Waals surface area contributed by atoms with E-state index in [0.717, 1.165) is 5.56 Å². The summed E-state index contributed by atoms with van der Waals surface area (Å²) in [6.45, 7) is 1.70.